The maximum absolute atomic E-state index is 12.6. The number of amides is 2. The van der Waals surface area contributed by atoms with Crippen molar-refractivity contribution in [1.82, 2.24) is 28.6 Å². The number of nitrogens with one attached hydrogen (secondary N) is 1. The van der Waals surface area contributed by atoms with Crippen LogP contribution in [0, 0.1) is 0 Å². The van der Waals surface area contributed by atoms with Crippen LogP contribution < -0.4 is 11.1 Å². The molecule has 11 heteroatoms. The Morgan fingerprint density at radius 3 is 2.81 bits per heavy atom. The quantitative estimate of drug-likeness (QED) is 0.427. The number of rotatable bonds is 5. The lowest BCUT2D eigenvalue weighted by Crippen LogP contribution is -2.41. The zero-order chi connectivity index (χ0) is 24.8. The maximum atomic E-state index is 12.6. The predicted molar refractivity (Wildman–Crippen MR) is 137 cm³/mol. The summed E-state index contributed by atoms with van der Waals surface area (Å²) < 4.78 is 6.20. The van der Waals surface area contributed by atoms with Crippen molar-refractivity contribution in [2.45, 2.75) is 51.0 Å². The fourth-order valence-corrected chi connectivity index (χ4v) is 5.81. The number of nitrogen functional groups attached to an aromatic ring is 1. The Morgan fingerprint density at radius 1 is 1.19 bits per heavy atom. The van der Waals surface area contributed by atoms with Gasteiger partial charge in [-0.15, -0.1) is 0 Å². The standard InChI is InChI=1S/C25H26N8O2S/c1-2-20-29-25(36-31-20)30-24(35)15-5-3-14(4-6-15)18-13-33-19(22(26)28-18)11-27-23(33)16-7-8-17-9-10-21(34)32(17)12-16/h3-6,11,13,16-17H,2,7-10,12H2,1H3,(H2,26,28)(H,29,30,31,35)/t16-,17+/m1/s1. The minimum Gasteiger partial charge on any atom is -0.382 e. The second kappa shape index (κ2) is 8.98. The van der Waals surface area contributed by atoms with Crippen LogP contribution in [-0.4, -0.2) is 53.0 Å². The van der Waals surface area contributed by atoms with Gasteiger partial charge in [0.2, 0.25) is 11.0 Å². The summed E-state index contributed by atoms with van der Waals surface area (Å²) in [5, 5.41) is 3.28. The normalized spacial score (nSPS) is 19.6. The van der Waals surface area contributed by atoms with Crippen molar-refractivity contribution in [2.75, 3.05) is 17.6 Å². The van der Waals surface area contributed by atoms with Crippen molar-refractivity contribution < 1.29 is 9.59 Å². The van der Waals surface area contributed by atoms with Crippen LogP contribution >= 0.6 is 11.5 Å². The van der Waals surface area contributed by atoms with Crippen LogP contribution in [0.3, 0.4) is 0 Å². The van der Waals surface area contributed by atoms with E-state index in [0.29, 0.717) is 47.0 Å². The number of anilines is 2. The number of piperidine rings is 1. The van der Waals surface area contributed by atoms with E-state index in [1.54, 1.807) is 18.3 Å². The van der Waals surface area contributed by atoms with Gasteiger partial charge in [-0.3, -0.25) is 19.3 Å². The van der Waals surface area contributed by atoms with E-state index in [2.05, 4.69) is 24.6 Å². The van der Waals surface area contributed by atoms with Crippen molar-refractivity contribution in [3.8, 4) is 11.3 Å². The van der Waals surface area contributed by atoms with Gasteiger partial charge in [0.25, 0.3) is 5.91 Å². The Kier molecular flexibility index (Phi) is 5.63. The summed E-state index contributed by atoms with van der Waals surface area (Å²) in [6.07, 6.45) is 8.01. The van der Waals surface area contributed by atoms with Crippen LogP contribution in [0.4, 0.5) is 10.9 Å². The lowest BCUT2D eigenvalue weighted by molar-refractivity contribution is -0.130. The van der Waals surface area contributed by atoms with Crippen LogP contribution in [0.2, 0.25) is 0 Å². The molecule has 4 aromatic rings. The highest BCUT2D eigenvalue weighted by Crippen LogP contribution is 2.36. The average Bonchev–Trinajstić information content (AvgIpc) is 3.63. The third kappa shape index (κ3) is 3.98. The van der Waals surface area contributed by atoms with Crippen LogP contribution in [0.5, 0.6) is 0 Å². The second-order valence-electron chi connectivity index (χ2n) is 9.30. The van der Waals surface area contributed by atoms with Crippen molar-refractivity contribution in [3.63, 3.8) is 0 Å². The molecule has 36 heavy (non-hydrogen) atoms. The molecule has 0 aliphatic carbocycles. The first-order valence-corrected chi connectivity index (χ1v) is 12.9. The SMILES string of the molecule is CCc1nsc(NC(=O)c2ccc(-c3cn4c([C@@H]5CC[C@H]6CCC(=O)N6C5)ncc4c(N)n3)cc2)n1. The number of benzene rings is 1. The van der Waals surface area contributed by atoms with Crippen molar-refractivity contribution >= 4 is 39.8 Å². The molecular weight excluding hydrogens is 476 g/mol. The van der Waals surface area contributed by atoms with Gasteiger partial charge in [0.15, 0.2) is 0 Å². The minimum atomic E-state index is -0.243. The zero-order valence-electron chi connectivity index (χ0n) is 19.8. The third-order valence-electron chi connectivity index (χ3n) is 7.11. The summed E-state index contributed by atoms with van der Waals surface area (Å²) in [6.45, 7) is 2.66. The molecule has 6 rings (SSSR count). The van der Waals surface area contributed by atoms with Gasteiger partial charge in [-0.05, 0) is 31.4 Å². The highest BCUT2D eigenvalue weighted by atomic mass is 32.1. The summed E-state index contributed by atoms with van der Waals surface area (Å²) in [4.78, 5) is 40.5. The van der Waals surface area contributed by atoms with Gasteiger partial charge in [-0.25, -0.2) is 15.0 Å². The van der Waals surface area contributed by atoms with E-state index in [0.717, 1.165) is 42.6 Å². The molecule has 3 N–H and O–H groups in total. The topological polar surface area (TPSA) is 131 Å². The highest BCUT2D eigenvalue weighted by Gasteiger charge is 2.37. The van der Waals surface area contributed by atoms with Gasteiger partial charge >= 0.3 is 0 Å². The molecule has 2 amide bonds. The number of nitrogens with two attached hydrogens (primary N) is 1. The minimum absolute atomic E-state index is 0.153. The fraction of sp³-hybridized carbons (Fsp3) is 0.360. The van der Waals surface area contributed by atoms with E-state index in [4.69, 9.17) is 5.73 Å². The lowest BCUT2D eigenvalue weighted by Gasteiger charge is -2.34. The Morgan fingerprint density at radius 2 is 2.03 bits per heavy atom. The Balaban J connectivity index is 1.25. The van der Waals surface area contributed by atoms with Gasteiger partial charge < -0.3 is 10.6 Å². The Hall–Kier alpha value is -3.86. The van der Waals surface area contributed by atoms with E-state index in [9.17, 15) is 9.59 Å². The Bertz CT molecular complexity index is 1460. The number of nitrogens with zero attached hydrogens (tertiary/aromatic N) is 6. The molecule has 2 atom stereocenters. The molecule has 3 aromatic heterocycles. The molecule has 5 heterocycles. The van der Waals surface area contributed by atoms with Gasteiger partial charge in [0, 0.05) is 60.2 Å². The molecular formula is C25H26N8O2S. The summed E-state index contributed by atoms with van der Waals surface area (Å²) in [7, 11) is 0. The molecule has 0 spiro atoms. The maximum Gasteiger partial charge on any atom is 0.257 e. The van der Waals surface area contributed by atoms with E-state index < -0.39 is 0 Å². The Labute approximate surface area is 211 Å². The number of carbonyl (C=O) groups excluding carboxylic acids is 2. The van der Waals surface area contributed by atoms with E-state index in [1.165, 1.54) is 11.5 Å². The summed E-state index contributed by atoms with van der Waals surface area (Å²) in [5.41, 5.74) is 9.10. The number of hydrogen-bond donors (Lipinski definition) is 2. The first-order valence-electron chi connectivity index (χ1n) is 12.2. The predicted octanol–water partition coefficient (Wildman–Crippen LogP) is 3.51. The molecule has 2 saturated heterocycles. The molecule has 10 nitrogen and oxygen atoms in total. The number of imidazole rings is 1. The van der Waals surface area contributed by atoms with Gasteiger partial charge in [0.1, 0.15) is 23.0 Å². The second-order valence-corrected chi connectivity index (χ2v) is 10.0. The monoisotopic (exact) mass is 502 g/mol. The smallest absolute Gasteiger partial charge is 0.257 e. The molecule has 2 aliphatic heterocycles. The number of aromatic nitrogens is 5. The van der Waals surface area contributed by atoms with Crippen LogP contribution in [0.1, 0.15) is 60.5 Å². The number of carbonyl (C=O) groups is 2. The van der Waals surface area contributed by atoms with Crippen molar-refractivity contribution in [3.05, 3.63) is 53.9 Å². The molecule has 0 unspecified atom stereocenters. The van der Waals surface area contributed by atoms with Gasteiger partial charge in [-0.1, -0.05) is 19.1 Å². The van der Waals surface area contributed by atoms with Gasteiger partial charge in [-0.2, -0.15) is 4.37 Å². The average molecular weight is 503 g/mol. The van der Waals surface area contributed by atoms with E-state index in [1.807, 2.05) is 34.6 Å². The fourth-order valence-electron chi connectivity index (χ4n) is 5.17. The molecule has 0 bridgehead atoms. The van der Waals surface area contributed by atoms with Crippen LogP contribution in [-0.2, 0) is 11.2 Å². The lowest BCUT2D eigenvalue weighted by atomic mass is 9.92. The third-order valence-corrected chi connectivity index (χ3v) is 7.78. The molecule has 1 aromatic carbocycles. The molecule has 184 valence electrons. The van der Waals surface area contributed by atoms with Crippen molar-refractivity contribution in [1.29, 1.82) is 0 Å². The van der Waals surface area contributed by atoms with Crippen LogP contribution in [0.15, 0.2) is 36.7 Å². The molecule has 2 fully saturated rings. The van der Waals surface area contributed by atoms with Crippen molar-refractivity contribution in [2.24, 2.45) is 0 Å². The first-order chi connectivity index (χ1) is 17.5. The number of hydrogen-bond acceptors (Lipinski definition) is 8. The summed E-state index contributed by atoms with van der Waals surface area (Å²) in [6, 6.07) is 7.58. The van der Waals surface area contributed by atoms with Gasteiger partial charge in [0.05, 0.1) is 11.9 Å². The summed E-state index contributed by atoms with van der Waals surface area (Å²) in [5.74, 6) is 2.16. The largest absolute Gasteiger partial charge is 0.382 e. The number of fused-ring (bicyclic) bond motifs is 2. The zero-order valence-corrected chi connectivity index (χ0v) is 20.7. The molecule has 2 aliphatic rings. The van der Waals surface area contributed by atoms with E-state index in [-0.39, 0.29) is 17.7 Å². The molecule has 0 radical (unpaired) electrons. The summed E-state index contributed by atoms with van der Waals surface area (Å²) >= 11 is 1.17. The van der Waals surface area contributed by atoms with Crippen LogP contribution in [0.25, 0.3) is 16.8 Å². The molecule has 0 saturated carbocycles. The first kappa shape index (κ1) is 22.6. The van der Waals surface area contributed by atoms with E-state index >= 15 is 0 Å². The highest BCUT2D eigenvalue weighted by molar-refractivity contribution is 7.09. The number of aryl methyl sites for hydroxylation is 1.